The molecule has 0 radical (unpaired) electrons. The third-order valence-corrected chi connectivity index (χ3v) is 4.23. The minimum Gasteiger partial charge on any atom is -0.341 e. The zero-order valence-corrected chi connectivity index (χ0v) is 12.3. The molecule has 1 aromatic rings. The Balaban J connectivity index is 2.60. The van der Waals surface area contributed by atoms with Crippen molar-refractivity contribution in [1.82, 2.24) is 4.90 Å². The Hall–Kier alpha value is -0.100. The molecule has 15 heavy (non-hydrogen) atoms. The third kappa shape index (κ3) is 3.75. The Morgan fingerprint density at radius 1 is 1.67 bits per heavy atom. The molecule has 0 saturated carbocycles. The standard InChI is InChI=1S/C11H16INOS/c1-4-8(2)6-13(3)11(14)9-5-10(12)15-7-9/h5,7-8H,4,6H2,1-3H3. The largest absolute Gasteiger partial charge is 0.341 e. The molecule has 2 nitrogen and oxygen atoms in total. The van der Waals surface area contributed by atoms with Crippen LogP contribution in [0.2, 0.25) is 0 Å². The van der Waals surface area contributed by atoms with Crippen molar-refractivity contribution in [1.29, 1.82) is 0 Å². The van der Waals surface area contributed by atoms with Gasteiger partial charge in [-0.05, 0) is 34.6 Å². The number of carbonyl (C=O) groups excluding carboxylic acids is 1. The van der Waals surface area contributed by atoms with Gasteiger partial charge in [-0.25, -0.2) is 0 Å². The van der Waals surface area contributed by atoms with E-state index in [1.807, 2.05) is 23.4 Å². The van der Waals surface area contributed by atoms with Gasteiger partial charge in [0.1, 0.15) is 0 Å². The maximum atomic E-state index is 11.9. The molecule has 1 heterocycles. The lowest BCUT2D eigenvalue weighted by molar-refractivity contribution is 0.0775. The lowest BCUT2D eigenvalue weighted by Gasteiger charge is -2.20. The van der Waals surface area contributed by atoms with Crippen LogP contribution >= 0.6 is 33.9 Å². The van der Waals surface area contributed by atoms with Crippen molar-refractivity contribution >= 4 is 39.8 Å². The van der Waals surface area contributed by atoms with Crippen molar-refractivity contribution in [2.45, 2.75) is 20.3 Å². The quantitative estimate of drug-likeness (QED) is 0.771. The highest BCUT2D eigenvalue weighted by Gasteiger charge is 2.14. The fourth-order valence-electron chi connectivity index (χ4n) is 1.32. The minimum atomic E-state index is 0.134. The van der Waals surface area contributed by atoms with Gasteiger partial charge in [0.05, 0.1) is 8.45 Å². The fraction of sp³-hybridized carbons (Fsp3) is 0.545. The fourth-order valence-corrected chi connectivity index (χ4v) is 2.64. The molecule has 0 spiro atoms. The van der Waals surface area contributed by atoms with Gasteiger partial charge in [0.15, 0.2) is 0 Å². The molecular weight excluding hydrogens is 321 g/mol. The molecule has 0 fully saturated rings. The Morgan fingerprint density at radius 3 is 2.80 bits per heavy atom. The molecule has 4 heteroatoms. The Kier molecular flexibility index (Phi) is 5.05. The third-order valence-electron chi connectivity index (χ3n) is 2.44. The van der Waals surface area contributed by atoms with Crippen LogP contribution in [0.5, 0.6) is 0 Å². The van der Waals surface area contributed by atoms with Crippen LogP contribution < -0.4 is 0 Å². The summed E-state index contributed by atoms with van der Waals surface area (Å²) >= 11 is 3.85. The summed E-state index contributed by atoms with van der Waals surface area (Å²) in [6.45, 7) is 5.15. The van der Waals surface area contributed by atoms with Crippen molar-refractivity contribution in [2.75, 3.05) is 13.6 Å². The van der Waals surface area contributed by atoms with Crippen molar-refractivity contribution in [3.63, 3.8) is 0 Å². The Morgan fingerprint density at radius 2 is 2.33 bits per heavy atom. The summed E-state index contributed by atoms with van der Waals surface area (Å²) in [5.74, 6) is 0.700. The van der Waals surface area contributed by atoms with Gasteiger partial charge in [-0.1, -0.05) is 20.3 Å². The van der Waals surface area contributed by atoms with Gasteiger partial charge in [-0.15, -0.1) is 11.3 Å². The summed E-state index contributed by atoms with van der Waals surface area (Å²) in [5, 5.41) is 1.93. The zero-order valence-electron chi connectivity index (χ0n) is 9.29. The highest BCUT2D eigenvalue weighted by molar-refractivity contribution is 14.1. The van der Waals surface area contributed by atoms with Gasteiger partial charge >= 0.3 is 0 Å². The molecule has 1 amide bonds. The number of amides is 1. The second kappa shape index (κ2) is 5.84. The molecule has 0 aliphatic heterocycles. The first-order valence-electron chi connectivity index (χ1n) is 5.04. The Bertz CT molecular complexity index is 337. The summed E-state index contributed by atoms with van der Waals surface area (Å²) in [6.07, 6.45) is 1.11. The zero-order chi connectivity index (χ0) is 11.4. The van der Waals surface area contributed by atoms with E-state index in [1.54, 1.807) is 11.3 Å². The van der Waals surface area contributed by atoms with Gasteiger partial charge in [0.25, 0.3) is 5.91 Å². The summed E-state index contributed by atoms with van der Waals surface area (Å²) in [5.41, 5.74) is 0.815. The summed E-state index contributed by atoms with van der Waals surface area (Å²) in [6, 6.07) is 1.95. The maximum absolute atomic E-state index is 11.9. The van der Waals surface area contributed by atoms with Gasteiger partial charge < -0.3 is 4.90 Å². The Labute approximate surface area is 109 Å². The van der Waals surface area contributed by atoms with E-state index in [2.05, 4.69) is 36.4 Å². The maximum Gasteiger partial charge on any atom is 0.254 e. The van der Waals surface area contributed by atoms with E-state index in [0.717, 1.165) is 21.4 Å². The van der Waals surface area contributed by atoms with Crippen LogP contribution in [0.4, 0.5) is 0 Å². The van der Waals surface area contributed by atoms with Crippen LogP contribution in [0.15, 0.2) is 11.4 Å². The first kappa shape index (κ1) is 13.0. The highest BCUT2D eigenvalue weighted by atomic mass is 127. The lowest BCUT2D eigenvalue weighted by atomic mass is 10.1. The first-order chi connectivity index (χ1) is 7.04. The number of carbonyl (C=O) groups is 1. The van der Waals surface area contributed by atoms with E-state index >= 15 is 0 Å². The number of hydrogen-bond donors (Lipinski definition) is 0. The van der Waals surface area contributed by atoms with Crippen LogP contribution in [-0.2, 0) is 0 Å². The number of halogens is 1. The monoisotopic (exact) mass is 337 g/mol. The van der Waals surface area contributed by atoms with Crippen molar-refractivity contribution in [3.8, 4) is 0 Å². The van der Waals surface area contributed by atoms with E-state index in [-0.39, 0.29) is 5.91 Å². The average molecular weight is 337 g/mol. The van der Waals surface area contributed by atoms with Gasteiger partial charge in [-0.2, -0.15) is 0 Å². The van der Waals surface area contributed by atoms with Crippen molar-refractivity contribution in [3.05, 3.63) is 19.9 Å². The molecule has 1 rings (SSSR count). The van der Waals surface area contributed by atoms with Crippen LogP contribution in [-0.4, -0.2) is 24.4 Å². The molecule has 0 N–H and O–H groups in total. The molecular formula is C11H16INOS. The minimum absolute atomic E-state index is 0.134. The van der Waals surface area contributed by atoms with Gasteiger partial charge in [-0.3, -0.25) is 4.79 Å². The normalized spacial score (nSPS) is 12.5. The number of rotatable bonds is 4. The predicted molar refractivity (Wildman–Crippen MR) is 73.5 cm³/mol. The van der Waals surface area contributed by atoms with Gasteiger partial charge in [0, 0.05) is 19.0 Å². The summed E-state index contributed by atoms with van der Waals surface area (Å²) < 4.78 is 1.16. The molecule has 1 atom stereocenters. The van der Waals surface area contributed by atoms with Crippen molar-refractivity contribution in [2.24, 2.45) is 5.92 Å². The van der Waals surface area contributed by atoms with Crippen LogP contribution in [0, 0.1) is 8.80 Å². The van der Waals surface area contributed by atoms with Crippen molar-refractivity contribution < 1.29 is 4.79 Å². The van der Waals surface area contributed by atoms with E-state index in [0.29, 0.717) is 5.92 Å². The van der Waals surface area contributed by atoms with E-state index in [9.17, 15) is 4.79 Å². The smallest absolute Gasteiger partial charge is 0.254 e. The molecule has 0 aromatic carbocycles. The molecule has 0 aliphatic carbocycles. The molecule has 0 saturated heterocycles. The predicted octanol–water partition coefficient (Wildman–Crippen LogP) is 3.47. The molecule has 1 unspecified atom stereocenters. The second-order valence-corrected chi connectivity index (χ2v) is 6.64. The molecule has 84 valence electrons. The SMILES string of the molecule is CCC(C)CN(C)C(=O)c1csc(I)c1. The van der Waals surface area contributed by atoms with E-state index in [4.69, 9.17) is 0 Å². The number of hydrogen-bond acceptors (Lipinski definition) is 2. The topological polar surface area (TPSA) is 20.3 Å². The summed E-state index contributed by atoms with van der Waals surface area (Å²) in [4.78, 5) is 13.8. The van der Waals surface area contributed by atoms with Crippen LogP contribution in [0.3, 0.4) is 0 Å². The van der Waals surface area contributed by atoms with E-state index in [1.165, 1.54) is 0 Å². The first-order valence-corrected chi connectivity index (χ1v) is 7.00. The highest BCUT2D eigenvalue weighted by Crippen LogP contribution is 2.18. The number of nitrogens with zero attached hydrogens (tertiary/aromatic N) is 1. The number of thiophene rings is 1. The molecule has 0 bridgehead atoms. The summed E-state index contributed by atoms with van der Waals surface area (Å²) in [7, 11) is 1.87. The average Bonchev–Trinajstić information content (AvgIpc) is 2.63. The lowest BCUT2D eigenvalue weighted by Crippen LogP contribution is -2.30. The van der Waals surface area contributed by atoms with Crippen LogP contribution in [0.25, 0.3) is 0 Å². The van der Waals surface area contributed by atoms with E-state index < -0.39 is 0 Å². The second-order valence-electron chi connectivity index (χ2n) is 3.84. The van der Waals surface area contributed by atoms with Gasteiger partial charge in [0.2, 0.25) is 0 Å². The molecule has 0 aliphatic rings. The van der Waals surface area contributed by atoms with Crippen LogP contribution in [0.1, 0.15) is 30.6 Å². The molecule has 1 aromatic heterocycles.